The van der Waals surface area contributed by atoms with Crippen LogP contribution in [0.1, 0.15) is 17.4 Å². The van der Waals surface area contributed by atoms with Crippen molar-refractivity contribution < 1.29 is 0 Å². The molecule has 0 fully saturated rings. The number of halogens is 2. The number of thiophene rings is 1. The van der Waals surface area contributed by atoms with Crippen molar-refractivity contribution in [2.45, 2.75) is 25.9 Å². The molecule has 0 bridgehead atoms. The third-order valence-corrected chi connectivity index (χ3v) is 4.80. The van der Waals surface area contributed by atoms with E-state index in [1.165, 1.54) is 10.4 Å². The number of rotatable bonds is 5. The predicted octanol–water partition coefficient (Wildman–Crippen LogP) is 4.88. The van der Waals surface area contributed by atoms with Gasteiger partial charge in [0.25, 0.3) is 0 Å². The lowest BCUT2D eigenvalue weighted by Crippen LogP contribution is -2.27. The van der Waals surface area contributed by atoms with Crippen LogP contribution in [0.3, 0.4) is 0 Å². The number of benzene rings is 1. The summed E-state index contributed by atoms with van der Waals surface area (Å²) in [5.74, 6) is 0. The molecule has 0 radical (unpaired) electrons. The van der Waals surface area contributed by atoms with Crippen LogP contribution in [0.4, 0.5) is 0 Å². The van der Waals surface area contributed by atoms with Gasteiger partial charge in [-0.3, -0.25) is 0 Å². The van der Waals surface area contributed by atoms with E-state index in [2.05, 4.69) is 45.7 Å². The fraction of sp³-hybridized carbons (Fsp3) is 0.286. The number of hydrogen-bond acceptors (Lipinski definition) is 2. The molecular formula is C14H15BrClNS. The quantitative estimate of drug-likeness (QED) is 0.814. The van der Waals surface area contributed by atoms with E-state index >= 15 is 0 Å². The monoisotopic (exact) mass is 343 g/mol. The highest BCUT2D eigenvalue weighted by Gasteiger charge is 2.06. The third-order valence-electron chi connectivity index (χ3n) is 2.73. The van der Waals surface area contributed by atoms with Crippen molar-refractivity contribution in [2.24, 2.45) is 0 Å². The SMILES string of the molecule is CC(Cc1ccccc1Cl)NCc1cc(Br)cs1. The van der Waals surface area contributed by atoms with E-state index in [0.29, 0.717) is 6.04 Å². The van der Waals surface area contributed by atoms with Gasteiger partial charge in [-0.2, -0.15) is 0 Å². The summed E-state index contributed by atoms with van der Waals surface area (Å²) in [6.07, 6.45) is 0.951. The van der Waals surface area contributed by atoms with E-state index in [9.17, 15) is 0 Å². The minimum atomic E-state index is 0.408. The van der Waals surface area contributed by atoms with Crippen LogP contribution >= 0.6 is 38.9 Å². The molecule has 0 aliphatic rings. The van der Waals surface area contributed by atoms with Gasteiger partial charge in [0.05, 0.1) is 0 Å². The molecule has 0 spiro atoms. The number of hydrogen-bond donors (Lipinski definition) is 1. The van der Waals surface area contributed by atoms with Crippen LogP contribution in [0, 0.1) is 0 Å². The molecule has 0 saturated heterocycles. The Balaban J connectivity index is 1.85. The van der Waals surface area contributed by atoms with Crippen molar-refractivity contribution in [2.75, 3.05) is 0 Å². The van der Waals surface area contributed by atoms with Crippen molar-refractivity contribution >= 4 is 38.9 Å². The van der Waals surface area contributed by atoms with Crippen molar-refractivity contribution in [1.82, 2.24) is 5.32 Å². The average Bonchev–Trinajstić information content (AvgIpc) is 2.76. The maximum Gasteiger partial charge on any atom is 0.0438 e. The van der Waals surface area contributed by atoms with Gasteiger partial charge in [0.2, 0.25) is 0 Å². The van der Waals surface area contributed by atoms with Gasteiger partial charge in [0.1, 0.15) is 0 Å². The Labute approximate surface area is 125 Å². The molecule has 0 amide bonds. The standard InChI is InChI=1S/C14H15BrClNS/c1-10(6-11-4-2-3-5-14(11)16)17-8-13-7-12(15)9-18-13/h2-5,7,9-10,17H,6,8H2,1H3. The zero-order chi connectivity index (χ0) is 13.0. The normalized spacial score (nSPS) is 12.6. The van der Waals surface area contributed by atoms with E-state index < -0.39 is 0 Å². The maximum atomic E-state index is 6.16. The van der Waals surface area contributed by atoms with E-state index in [-0.39, 0.29) is 0 Å². The molecule has 1 unspecified atom stereocenters. The molecule has 1 N–H and O–H groups in total. The first-order chi connectivity index (χ1) is 8.65. The summed E-state index contributed by atoms with van der Waals surface area (Å²) in [4.78, 5) is 1.34. The van der Waals surface area contributed by atoms with Crippen LogP contribution in [0.25, 0.3) is 0 Å². The second-order valence-corrected chi connectivity index (χ2v) is 6.63. The zero-order valence-corrected chi connectivity index (χ0v) is 13.3. The molecule has 1 aromatic heterocycles. The molecule has 1 heterocycles. The Hall–Kier alpha value is -0.350. The summed E-state index contributed by atoms with van der Waals surface area (Å²) in [7, 11) is 0. The first kappa shape index (κ1) is 14.1. The zero-order valence-electron chi connectivity index (χ0n) is 10.1. The molecule has 0 aliphatic heterocycles. The topological polar surface area (TPSA) is 12.0 Å². The van der Waals surface area contributed by atoms with Crippen LogP contribution in [0.15, 0.2) is 40.2 Å². The molecule has 1 atom stereocenters. The highest BCUT2D eigenvalue weighted by atomic mass is 79.9. The van der Waals surface area contributed by atoms with Crippen molar-refractivity contribution in [1.29, 1.82) is 0 Å². The van der Waals surface area contributed by atoms with Crippen molar-refractivity contribution in [3.63, 3.8) is 0 Å². The Morgan fingerprint density at radius 3 is 2.83 bits per heavy atom. The van der Waals surface area contributed by atoms with Crippen LogP contribution < -0.4 is 5.32 Å². The lowest BCUT2D eigenvalue weighted by atomic mass is 10.1. The average molecular weight is 345 g/mol. The van der Waals surface area contributed by atoms with Gasteiger partial charge in [0.15, 0.2) is 0 Å². The Kier molecular flexibility index (Phi) is 5.25. The summed E-state index contributed by atoms with van der Waals surface area (Å²) in [6.45, 7) is 3.09. The van der Waals surface area contributed by atoms with Gasteiger partial charge in [0, 0.05) is 32.3 Å². The molecule has 1 aromatic carbocycles. The van der Waals surface area contributed by atoms with E-state index in [0.717, 1.165) is 22.5 Å². The molecule has 4 heteroatoms. The predicted molar refractivity (Wildman–Crippen MR) is 83.5 cm³/mol. The molecular weight excluding hydrogens is 330 g/mol. The van der Waals surface area contributed by atoms with Gasteiger partial charge >= 0.3 is 0 Å². The van der Waals surface area contributed by atoms with Gasteiger partial charge in [-0.25, -0.2) is 0 Å². The summed E-state index contributed by atoms with van der Waals surface area (Å²) >= 11 is 11.4. The van der Waals surface area contributed by atoms with Gasteiger partial charge in [-0.15, -0.1) is 11.3 Å². The minimum Gasteiger partial charge on any atom is -0.309 e. The Morgan fingerprint density at radius 1 is 1.39 bits per heavy atom. The second-order valence-electron chi connectivity index (χ2n) is 4.31. The second kappa shape index (κ2) is 6.71. The van der Waals surface area contributed by atoms with E-state index in [1.54, 1.807) is 11.3 Å². The lowest BCUT2D eigenvalue weighted by Gasteiger charge is -2.14. The molecule has 18 heavy (non-hydrogen) atoms. The molecule has 0 aliphatic carbocycles. The third kappa shape index (κ3) is 4.09. The first-order valence-corrected chi connectivity index (χ1v) is 7.90. The summed E-state index contributed by atoms with van der Waals surface area (Å²) in [6, 6.07) is 10.6. The smallest absolute Gasteiger partial charge is 0.0438 e. The minimum absolute atomic E-state index is 0.408. The fourth-order valence-corrected chi connectivity index (χ4v) is 3.40. The van der Waals surface area contributed by atoms with Gasteiger partial charge in [-0.05, 0) is 47.0 Å². The Bertz CT molecular complexity index is 512. The summed E-state index contributed by atoms with van der Waals surface area (Å²) < 4.78 is 1.16. The summed E-state index contributed by atoms with van der Waals surface area (Å²) in [5, 5.41) is 6.48. The largest absolute Gasteiger partial charge is 0.309 e. The van der Waals surface area contributed by atoms with Crippen LogP contribution in [-0.2, 0) is 13.0 Å². The molecule has 2 rings (SSSR count). The fourth-order valence-electron chi connectivity index (χ4n) is 1.79. The van der Waals surface area contributed by atoms with Crippen LogP contribution in [0.5, 0.6) is 0 Å². The first-order valence-electron chi connectivity index (χ1n) is 5.85. The maximum absolute atomic E-state index is 6.16. The van der Waals surface area contributed by atoms with E-state index in [4.69, 9.17) is 11.6 Å². The highest BCUT2D eigenvalue weighted by molar-refractivity contribution is 9.10. The van der Waals surface area contributed by atoms with Crippen LogP contribution in [-0.4, -0.2) is 6.04 Å². The van der Waals surface area contributed by atoms with Crippen LogP contribution in [0.2, 0.25) is 5.02 Å². The lowest BCUT2D eigenvalue weighted by molar-refractivity contribution is 0.549. The van der Waals surface area contributed by atoms with Crippen molar-refractivity contribution in [3.8, 4) is 0 Å². The molecule has 1 nitrogen and oxygen atoms in total. The van der Waals surface area contributed by atoms with Gasteiger partial charge in [-0.1, -0.05) is 29.8 Å². The van der Waals surface area contributed by atoms with Crippen molar-refractivity contribution in [3.05, 3.63) is 55.6 Å². The molecule has 96 valence electrons. The molecule has 0 saturated carbocycles. The summed E-state index contributed by atoms with van der Waals surface area (Å²) in [5.41, 5.74) is 1.20. The Morgan fingerprint density at radius 2 is 2.17 bits per heavy atom. The highest BCUT2D eigenvalue weighted by Crippen LogP contribution is 2.20. The van der Waals surface area contributed by atoms with E-state index in [1.807, 2.05) is 18.2 Å². The molecule has 2 aromatic rings. The number of nitrogens with one attached hydrogen (secondary N) is 1. The van der Waals surface area contributed by atoms with Gasteiger partial charge < -0.3 is 5.32 Å².